The number of carbonyl (C=O) groups excluding carboxylic acids is 2. The second kappa shape index (κ2) is 9.04. The van der Waals surface area contributed by atoms with Gasteiger partial charge in [0, 0.05) is 24.4 Å². The Labute approximate surface area is 167 Å². The van der Waals surface area contributed by atoms with Crippen LogP contribution in [-0.2, 0) is 15.0 Å². The van der Waals surface area contributed by atoms with E-state index in [1.807, 2.05) is 51.1 Å². The Bertz CT molecular complexity index is 833. The molecule has 1 aromatic carbocycles. The molecule has 0 saturated carbocycles. The Kier molecular flexibility index (Phi) is 7.00. The molecule has 28 heavy (non-hydrogen) atoms. The first-order chi connectivity index (χ1) is 13.2. The zero-order chi connectivity index (χ0) is 20.9. The largest absolute Gasteiger partial charge is 0.333 e. The highest BCUT2D eigenvalue weighted by atomic mass is 16.2. The van der Waals surface area contributed by atoms with E-state index in [0.717, 1.165) is 23.4 Å². The number of nitrogens with one attached hydrogen (secondary N) is 1. The van der Waals surface area contributed by atoms with E-state index >= 15 is 0 Å². The van der Waals surface area contributed by atoms with Crippen LogP contribution < -0.4 is 5.32 Å². The van der Waals surface area contributed by atoms with Crippen LogP contribution in [0.4, 0.5) is 5.82 Å². The van der Waals surface area contributed by atoms with Gasteiger partial charge >= 0.3 is 0 Å². The molecule has 2 rings (SSSR count). The van der Waals surface area contributed by atoms with Gasteiger partial charge in [-0.2, -0.15) is 5.10 Å². The second-order valence-corrected chi connectivity index (χ2v) is 8.13. The lowest BCUT2D eigenvalue weighted by atomic mass is 9.92. The molecule has 1 heterocycles. The van der Waals surface area contributed by atoms with Crippen molar-refractivity contribution >= 4 is 17.6 Å². The first-order valence-electron chi connectivity index (χ1n) is 9.91. The molecule has 0 aliphatic rings. The summed E-state index contributed by atoms with van der Waals surface area (Å²) < 4.78 is 1.76. The minimum Gasteiger partial charge on any atom is -0.333 e. The van der Waals surface area contributed by atoms with Gasteiger partial charge in [0.2, 0.25) is 11.8 Å². The molecule has 0 fully saturated rings. The lowest BCUT2D eigenvalue weighted by Gasteiger charge is -2.21. The van der Waals surface area contributed by atoms with E-state index in [0.29, 0.717) is 18.8 Å². The summed E-state index contributed by atoms with van der Waals surface area (Å²) in [5, 5.41) is 7.69. The van der Waals surface area contributed by atoms with Crippen LogP contribution in [0, 0.1) is 6.92 Å². The van der Waals surface area contributed by atoms with E-state index in [1.165, 1.54) is 0 Å². The number of hydrogen-bond donors (Lipinski definition) is 1. The summed E-state index contributed by atoms with van der Waals surface area (Å²) in [6, 6.07) is 9.89. The standard InChI is InChI=1S/C22H32N4O2/c1-7-12-25(21(28)8-2)15-20(27)23-19-14-18(22(4,5)6)24-26(19)17-11-9-10-16(3)13-17/h9-11,13-14H,7-8,12,15H2,1-6H3,(H,23,27). The minimum atomic E-state index is -0.218. The van der Waals surface area contributed by atoms with Gasteiger partial charge in [0.1, 0.15) is 5.82 Å². The SMILES string of the molecule is CCCN(CC(=O)Nc1cc(C(C)(C)C)nn1-c1cccc(C)c1)C(=O)CC. The zero-order valence-corrected chi connectivity index (χ0v) is 17.9. The predicted octanol–water partition coefficient (Wildman–Crippen LogP) is 4.07. The first kappa shape index (κ1) is 21.7. The third-order valence-electron chi connectivity index (χ3n) is 4.47. The summed E-state index contributed by atoms with van der Waals surface area (Å²) in [6.45, 7) is 12.7. The van der Waals surface area contributed by atoms with E-state index < -0.39 is 0 Å². The summed E-state index contributed by atoms with van der Waals surface area (Å²) in [4.78, 5) is 26.4. The summed E-state index contributed by atoms with van der Waals surface area (Å²) in [7, 11) is 0. The molecule has 2 aromatic rings. The predicted molar refractivity (Wildman–Crippen MR) is 113 cm³/mol. The molecule has 0 saturated heterocycles. The van der Waals surface area contributed by atoms with E-state index in [4.69, 9.17) is 5.10 Å². The van der Waals surface area contributed by atoms with Gasteiger partial charge in [-0.1, -0.05) is 46.8 Å². The molecule has 0 unspecified atom stereocenters. The third-order valence-corrected chi connectivity index (χ3v) is 4.47. The highest BCUT2D eigenvalue weighted by molar-refractivity contribution is 5.94. The fourth-order valence-corrected chi connectivity index (χ4v) is 2.93. The molecule has 6 nitrogen and oxygen atoms in total. The Balaban J connectivity index is 2.32. The number of aryl methyl sites for hydroxylation is 1. The number of carbonyl (C=O) groups is 2. The van der Waals surface area contributed by atoms with Crippen LogP contribution in [-0.4, -0.2) is 39.6 Å². The summed E-state index contributed by atoms with van der Waals surface area (Å²) in [5.74, 6) is 0.380. The van der Waals surface area contributed by atoms with Crippen molar-refractivity contribution in [3.63, 3.8) is 0 Å². The van der Waals surface area contributed by atoms with Crippen molar-refractivity contribution in [2.24, 2.45) is 0 Å². The van der Waals surface area contributed by atoms with Gasteiger partial charge < -0.3 is 10.2 Å². The van der Waals surface area contributed by atoms with Crippen molar-refractivity contribution < 1.29 is 9.59 Å². The highest BCUT2D eigenvalue weighted by Gasteiger charge is 2.22. The summed E-state index contributed by atoms with van der Waals surface area (Å²) in [5.41, 5.74) is 2.74. The fraction of sp³-hybridized carbons (Fsp3) is 0.500. The Morgan fingerprint density at radius 1 is 1.18 bits per heavy atom. The second-order valence-electron chi connectivity index (χ2n) is 8.13. The van der Waals surface area contributed by atoms with Gasteiger partial charge in [-0.25, -0.2) is 4.68 Å². The van der Waals surface area contributed by atoms with E-state index in [2.05, 4.69) is 26.1 Å². The number of hydrogen-bond acceptors (Lipinski definition) is 3. The molecule has 152 valence electrons. The maximum Gasteiger partial charge on any atom is 0.245 e. The van der Waals surface area contributed by atoms with Crippen LogP contribution in [0.2, 0.25) is 0 Å². The van der Waals surface area contributed by atoms with E-state index in [-0.39, 0.29) is 23.8 Å². The van der Waals surface area contributed by atoms with Crippen LogP contribution in [0.3, 0.4) is 0 Å². The number of rotatable bonds is 7. The maximum absolute atomic E-state index is 12.7. The molecule has 0 bridgehead atoms. The van der Waals surface area contributed by atoms with Crippen LogP contribution in [0.1, 0.15) is 58.7 Å². The molecule has 0 radical (unpaired) electrons. The van der Waals surface area contributed by atoms with Crippen molar-refractivity contribution in [1.82, 2.24) is 14.7 Å². The summed E-state index contributed by atoms with van der Waals surface area (Å²) >= 11 is 0. The highest BCUT2D eigenvalue weighted by Crippen LogP contribution is 2.26. The fourth-order valence-electron chi connectivity index (χ4n) is 2.93. The molecule has 0 aliphatic carbocycles. The van der Waals surface area contributed by atoms with Crippen molar-refractivity contribution in [2.45, 2.75) is 59.8 Å². The van der Waals surface area contributed by atoms with Crippen molar-refractivity contribution in [2.75, 3.05) is 18.4 Å². The van der Waals surface area contributed by atoms with Gasteiger partial charge in [-0.15, -0.1) is 0 Å². The maximum atomic E-state index is 12.7. The smallest absolute Gasteiger partial charge is 0.245 e. The number of nitrogens with zero attached hydrogens (tertiary/aromatic N) is 3. The minimum absolute atomic E-state index is 0.0143. The van der Waals surface area contributed by atoms with Crippen molar-refractivity contribution in [3.8, 4) is 5.69 Å². The van der Waals surface area contributed by atoms with Crippen LogP contribution in [0.25, 0.3) is 5.69 Å². The zero-order valence-electron chi connectivity index (χ0n) is 17.9. The van der Waals surface area contributed by atoms with Gasteiger partial charge in [0.15, 0.2) is 0 Å². The number of aromatic nitrogens is 2. The van der Waals surface area contributed by atoms with Gasteiger partial charge in [-0.3, -0.25) is 9.59 Å². The molecular formula is C22H32N4O2. The molecule has 0 aliphatic heterocycles. The van der Waals surface area contributed by atoms with Crippen LogP contribution >= 0.6 is 0 Å². The first-order valence-corrected chi connectivity index (χ1v) is 9.91. The molecule has 1 N–H and O–H groups in total. The number of anilines is 1. The van der Waals surface area contributed by atoms with Gasteiger partial charge in [0.05, 0.1) is 17.9 Å². The molecule has 2 amide bonds. The third kappa shape index (κ3) is 5.44. The van der Waals surface area contributed by atoms with Crippen LogP contribution in [0.15, 0.2) is 30.3 Å². The summed E-state index contributed by atoms with van der Waals surface area (Å²) in [6.07, 6.45) is 1.21. The Morgan fingerprint density at radius 3 is 2.46 bits per heavy atom. The van der Waals surface area contributed by atoms with Crippen LogP contribution in [0.5, 0.6) is 0 Å². The average molecular weight is 385 g/mol. The van der Waals surface area contributed by atoms with Crippen molar-refractivity contribution in [3.05, 3.63) is 41.6 Å². The Morgan fingerprint density at radius 2 is 1.89 bits per heavy atom. The Hall–Kier alpha value is -2.63. The normalized spacial score (nSPS) is 11.4. The lowest BCUT2D eigenvalue weighted by molar-refractivity contribution is -0.134. The average Bonchev–Trinajstić information content (AvgIpc) is 3.04. The molecule has 6 heteroatoms. The molecule has 0 atom stereocenters. The van der Waals surface area contributed by atoms with E-state index in [9.17, 15) is 9.59 Å². The van der Waals surface area contributed by atoms with E-state index in [1.54, 1.807) is 9.58 Å². The van der Waals surface area contributed by atoms with Gasteiger partial charge in [-0.05, 0) is 31.0 Å². The lowest BCUT2D eigenvalue weighted by Crippen LogP contribution is -2.38. The van der Waals surface area contributed by atoms with Crippen molar-refractivity contribution in [1.29, 1.82) is 0 Å². The molecule has 1 aromatic heterocycles. The van der Waals surface area contributed by atoms with Gasteiger partial charge in [0.25, 0.3) is 0 Å². The number of amides is 2. The topological polar surface area (TPSA) is 67.2 Å². The molecule has 0 spiro atoms. The quantitative estimate of drug-likeness (QED) is 0.783. The molecular weight excluding hydrogens is 352 g/mol. The number of benzene rings is 1. The monoisotopic (exact) mass is 384 g/mol.